The molecule has 2 amide bonds. The van der Waals surface area contributed by atoms with Gasteiger partial charge >= 0.3 is 5.97 Å². The number of rotatable bonds is 7. The molecule has 7 heteroatoms. The smallest absolute Gasteiger partial charge is 0.325 e. The SMILES string of the molecule is COc1ccc(C(=O)NCC(=O)OCC(=O)N(C)C2CCC(C)CC2)cc1. The number of nitrogens with zero attached hydrogens (tertiary/aromatic N) is 1. The first kappa shape index (κ1) is 20.7. The predicted molar refractivity (Wildman–Crippen MR) is 100 cm³/mol. The van der Waals surface area contributed by atoms with Crippen LogP contribution in [0.5, 0.6) is 5.75 Å². The maximum Gasteiger partial charge on any atom is 0.325 e. The molecule has 0 aliphatic heterocycles. The molecule has 7 nitrogen and oxygen atoms in total. The summed E-state index contributed by atoms with van der Waals surface area (Å²) in [6.07, 6.45) is 4.18. The highest BCUT2D eigenvalue weighted by molar-refractivity contribution is 5.96. The van der Waals surface area contributed by atoms with Crippen molar-refractivity contribution >= 4 is 17.8 Å². The summed E-state index contributed by atoms with van der Waals surface area (Å²) in [7, 11) is 3.29. The molecule has 0 heterocycles. The van der Waals surface area contributed by atoms with Crippen molar-refractivity contribution in [1.29, 1.82) is 0 Å². The van der Waals surface area contributed by atoms with Crippen molar-refractivity contribution in [2.45, 2.75) is 38.6 Å². The van der Waals surface area contributed by atoms with Crippen molar-refractivity contribution in [3.63, 3.8) is 0 Å². The van der Waals surface area contributed by atoms with Gasteiger partial charge in [-0.05, 0) is 55.9 Å². The minimum atomic E-state index is -0.643. The van der Waals surface area contributed by atoms with E-state index >= 15 is 0 Å². The number of esters is 1. The normalized spacial score (nSPS) is 19.1. The lowest BCUT2D eigenvalue weighted by Crippen LogP contribution is -2.42. The fourth-order valence-corrected chi connectivity index (χ4v) is 3.13. The van der Waals surface area contributed by atoms with E-state index in [9.17, 15) is 14.4 Å². The minimum Gasteiger partial charge on any atom is -0.497 e. The first-order valence-corrected chi connectivity index (χ1v) is 9.24. The third-order valence-electron chi connectivity index (χ3n) is 5.03. The van der Waals surface area contributed by atoms with E-state index in [2.05, 4.69) is 12.2 Å². The van der Waals surface area contributed by atoms with E-state index < -0.39 is 11.9 Å². The zero-order chi connectivity index (χ0) is 19.8. The van der Waals surface area contributed by atoms with E-state index in [0.717, 1.165) is 25.7 Å². The lowest BCUT2D eigenvalue weighted by atomic mass is 9.87. The Balaban J connectivity index is 1.70. The van der Waals surface area contributed by atoms with Crippen LogP contribution in [0.4, 0.5) is 0 Å². The number of benzene rings is 1. The monoisotopic (exact) mass is 376 g/mol. The molecule has 0 spiro atoms. The Morgan fingerprint density at radius 3 is 2.33 bits per heavy atom. The fraction of sp³-hybridized carbons (Fsp3) is 0.550. The highest BCUT2D eigenvalue weighted by Crippen LogP contribution is 2.26. The largest absolute Gasteiger partial charge is 0.497 e. The zero-order valence-electron chi connectivity index (χ0n) is 16.2. The Morgan fingerprint density at radius 1 is 1.11 bits per heavy atom. The second kappa shape index (κ2) is 9.94. The van der Waals surface area contributed by atoms with Gasteiger partial charge in [-0.1, -0.05) is 6.92 Å². The van der Waals surface area contributed by atoms with E-state index in [1.165, 1.54) is 0 Å². The molecule has 0 saturated heterocycles. The molecule has 0 aromatic heterocycles. The molecular weight excluding hydrogens is 348 g/mol. The van der Waals surface area contributed by atoms with Crippen molar-refractivity contribution in [3.8, 4) is 5.75 Å². The molecule has 1 aliphatic carbocycles. The average molecular weight is 376 g/mol. The van der Waals surface area contributed by atoms with Gasteiger partial charge < -0.3 is 19.7 Å². The van der Waals surface area contributed by atoms with Gasteiger partial charge in [0.15, 0.2) is 6.61 Å². The summed E-state index contributed by atoms with van der Waals surface area (Å²) in [5.41, 5.74) is 0.408. The van der Waals surface area contributed by atoms with Crippen LogP contribution in [0, 0.1) is 5.92 Å². The summed E-state index contributed by atoms with van der Waals surface area (Å²) in [6, 6.07) is 6.73. The van der Waals surface area contributed by atoms with Crippen LogP contribution in [0.2, 0.25) is 0 Å². The standard InChI is InChI=1S/C20H28N2O5/c1-14-4-8-16(9-5-14)22(2)18(23)13-27-19(24)12-21-20(25)15-6-10-17(26-3)11-7-15/h6-7,10-11,14,16H,4-5,8-9,12-13H2,1-3H3,(H,21,25). The van der Waals surface area contributed by atoms with Gasteiger partial charge in [-0.3, -0.25) is 14.4 Å². The van der Waals surface area contributed by atoms with E-state index in [0.29, 0.717) is 17.2 Å². The fourth-order valence-electron chi connectivity index (χ4n) is 3.13. The van der Waals surface area contributed by atoms with Gasteiger partial charge in [0, 0.05) is 18.7 Å². The summed E-state index contributed by atoms with van der Waals surface area (Å²) >= 11 is 0. The highest BCUT2D eigenvalue weighted by Gasteiger charge is 2.25. The zero-order valence-corrected chi connectivity index (χ0v) is 16.2. The molecule has 1 aliphatic rings. The van der Waals surface area contributed by atoms with Gasteiger partial charge in [-0.15, -0.1) is 0 Å². The molecule has 1 aromatic rings. The molecule has 0 radical (unpaired) electrons. The second-order valence-corrected chi connectivity index (χ2v) is 6.99. The Bertz CT molecular complexity index is 651. The third-order valence-corrected chi connectivity index (χ3v) is 5.03. The van der Waals surface area contributed by atoms with Crippen LogP contribution >= 0.6 is 0 Å². The summed E-state index contributed by atoms with van der Waals surface area (Å²) in [4.78, 5) is 37.7. The van der Waals surface area contributed by atoms with Crippen LogP contribution in [0.25, 0.3) is 0 Å². The number of carbonyl (C=O) groups is 3. The van der Waals surface area contributed by atoms with Gasteiger partial charge in [0.1, 0.15) is 12.3 Å². The van der Waals surface area contributed by atoms with Crippen LogP contribution in [-0.2, 0) is 14.3 Å². The first-order chi connectivity index (χ1) is 12.9. The van der Waals surface area contributed by atoms with Gasteiger partial charge in [-0.2, -0.15) is 0 Å². The number of likely N-dealkylation sites (N-methyl/N-ethyl adjacent to an activating group) is 1. The van der Waals surface area contributed by atoms with Gasteiger partial charge in [-0.25, -0.2) is 0 Å². The molecule has 1 saturated carbocycles. The summed E-state index contributed by atoms with van der Waals surface area (Å²) in [6.45, 7) is 1.63. The molecule has 2 rings (SSSR count). The Hall–Kier alpha value is -2.57. The summed E-state index contributed by atoms with van der Waals surface area (Å²) in [5, 5.41) is 2.48. The topological polar surface area (TPSA) is 84.9 Å². The maximum absolute atomic E-state index is 12.2. The maximum atomic E-state index is 12.2. The number of carbonyl (C=O) groups excluding carboxylic acids is 3. The van der Waals surface area contributed by atoms with Crippen molar-refractivity contribution in [2.24, 2.45) is 5.92 Å². The van der Waals surface area contributed by atoms with Crippen molar-refractivity contribution in [3.05, 3.63) is 29.8 Å². The number of nitrogens with one attached hydrogen (secondary N) is 1. The van der Waals surface area contributed by atoms with Gasteiger partial charge in [0.05, 0.1) is 7.11 Å². The van der Waals surface area contributed by atoms with Crippen molar-refractivity contribution < 1.29 is 23.9 Å². The Kier molecular flexibility index (Phi) is 7.64. The van der Waals surface area contributed by atoms with Crippen molar-refractivity contribution in [2.75, 3.05) is 27.3 Å². The first-order valence-electron chi connectivity index (χ1n) is 9.24. The van der Waals surface area contributed by atoms with E-state index in [1.54, 1.807) is 43.3 Å². The lowest BCUT2D eigenvalue weighted by molar-refractivity contribution is -0.151. The minimum absolute atomic E-state index is 0.210. The van der Waals surface area contributed by atoms with Gasteiger partial charge in [0.2, 0.25) is 0 Å². The molecule has 148 valence electrons. The third kappa shape index (κ3) is 6.27. The predicted octanol–water partition coefficient (Wildman–Crippen LogP) is 2.01. The van der Waals surface area contributed by atoms with Crippen LogP contribution in [-0.4, -0.2) is 56.0 Å². The van der Waals surface area contributed by atoms with Crippen LogP contribution < -0.4 is 10.1 Å². The number of amides is 2. The summed E-state index contributed by atoms with van der Waals surface area (Å²) in [5.74, 6) is 0.0903. The molecule has 0 unspecified atom stereocenters. The Morgan fingerprint density at radius 2 is 1.74 bits per heavy atom. The van der Waals surface area contributed by atoms with Gasteiger partial charge in [0.25, 0.3) is 11.8 Å². The number of hydrogen-bond donors (Lipinski definition) is 1. The van der Waals surface area contributed by atoms with Crippen LogP contribution in [0.1, 0.15) is 43.0 Å². The lowest BCUT2D eigenvalue weighted by Gasteiger charge is -2.33. The molecular formula is C20H28N2O5. The number of methoxy groups -OCH3 is 1. The average Bonchev–Trinajstić information content (AvgIpc) is 2.70. The van der Waals surface area contributed by atoms with E-state index in [-0.39, 0.29) is 25.1 Å². The second-order valence-electron chi connectivity index (χ2n) is 6.99. The molecule has 0 bridgehead atoms. The van der Waals surface area contributed by atoms with Crippen LogP contribution in [0.15, 0.2) is 24.3 Å². The van der Waals surface area contributed by atoms with E-state index in [4.69, 9.17) is 9.47 Å². The number of ether oxygens (including phenoxy) is 2. The molecule has 1 N–H and O–H groups in total. The summed E-state index contributed by atoms with van der Waals surface area (Å²) < 4.78 is 10.0. The molecule has 1 fully saturated rings. The van der Waals surface area contributed by atoms with Crippen molar-refractivity contribution in [1.82, 2.24) is 10.2 Å². The molecule has 0 atom stereocenters. The Labute approximate surface area is 160 Å². The van der Waals surface area contributed by atoms with Crippen LogP contribution in [0.3, 0.4) is 0 Å². The highest BCUT2D eigenvalue weighted by atomic mass is 16.5. The molecule has 1 aromatic carbocycles. The number of hydrogen-bond acceptors (Lipinski definition) is 5. The van der Waals surface area contributed by atoms with E-state index in [1.807, 2.05) is 0 Å². The quantitative estimate of drug-likeness (QED) is 0.736. The molecule has 27 heavy (non-hydrogen) atoms.